The Bertz CT molecular complexity index is 967. The van der Waals surface area contributed by atoms with Crippen LogP contribution in [-0.2, 0) is 16.1 Å². The molecule has 2 atom stereocenters. The van der Waals surface area contributed by atoms with Gasteiger partial charge < -0.3 is 10.2 Å². The summed E-state index contributed by atoms with van der Waals surface area (Å²) < 4.78 is 0. The minimum atomic E-state index is -0.167. The Balaban J connectivity index is 1.57. The van der Waals surface area contributed by atoms with Crippen LogP contribution in [0.3, 0.4) is 0 Å². The first-order chi connectivity index (χ1) is 14.5. The number of aryl methyl sites for hydroxylation is 1. The van der Waals surface area contributed by atoms with Crippen molar-refractivity contribution < 1.29 is 9.59 Å². The maximum Gasteiger partial charge on any atom is 0.265 e. The minimum Gasteiger partial charge on any atom is -0.350 e. The van der Waals surface area contributed by atoms with Crippen molar-refractivity contribution in [1.29, 1.82) is 0 Å². The molecule has 156 valence electrons. The van der Waals surface area contributed by atoms with Crippen molar-refractivity contribution >= 4 is 29.3 Å². The van der Waals surface area contributed by atoms with Gasteiger partial charge >= 0.3 is 0 Å². The molecule has 2 aromatic rings. The summed E-state index contributed by atoms with van der Waals surface area (Å²) in [5.41, 5.74) is 3.15. The summed E-state index contributed by atoms with van der Waals surface area (Å²) in [6.07, 6.45) is 6.03. The Morgan fingerprint density at radius 3 is 2.63 bits per heavy atom. The smallest absolute Gasteiger partial charge is 0.265 e. The number of benzene rings is 2. The topological polar surface area (TPSA) is 49.4 Å². The minimum absolute atomic E-state index is 0.119. The lowest BCUT2D eigenvalue weighted by molar-refractivity contribution is -0.119. The average molecular weight is 421 g/mol. The van der Waals surface area contributed by atoms with E-state index in [1.54, 1.807) is 4.90 Å². The summed E-state index contributed by atoms with van der Waals surface area (Å²) >= 11 is 1.38. The third-order valence-corrected chi connectivity index (χ3v) is 7.07. The van der Waals surface area contributed by atoms with Gasteiger partial charge in [0.05, 0.1) is 17.1 Å². The van der Waals surface area contributed by atoms with Crippen LogP contribution >= 0.6 is 11.8 Å². The molecular weight excluding hydrogens is 392 g/mol. The van der Waals surface area contributed by atoms with Gasteiger partial charge in [-0.15, -0.1) is 0 Å². The van der Waals surface area contributed by atoms with Crippen molar-refractivity contribution in [3.8, 4) is 0 Å². The zero-order chi connectivity index (χ0) is 21.1. The number of carbonyl (C=O) groups is 2. The number of rotatable bonds is 4. The van der Waals surface area contributed by atoms with E-state index in [4.69, 9.17) is 0 Å². The van der Waals surface area contributed by atoms with Crippen LogP contribution in [0, 0.1) is 12.8 Å². The monoisotopic (exact) mass is 420 g/mol. The predicted octanol–water partition coefficient (Wildman–Crippen LogP) is 5.21. The van der Waals surface area contributed by atoms with Gasteiger partial charge in [0.2, 0.25) is 5.91 Å². The second kappa shape index (κ2) is 9.09. The van der Waals surface area contributed by atoms with Crippen molar-refractivity contribution in [2.24, 2.45) is 5.92 Å². The van der Waals surface area contributed by atoms with Gasteiger partial charge in [-0.1, -0.05) is 73.5 Å². The average Bonchev–Trinajstić information content (AvgIpc) is 2.74. The quantitative estimate of drug-likeness (QED) is 0.691. The van der Waals surface area contributed by atoms with Gasteiger partial charge in [0, 0.05) is 17.0 Å². The van der Waals surface area contributed by atoms with E-state index in [-0.39, 0.29) is 17.9 Å². The Labute approximate surface area is 182 Å². The first-order valence-electron chi connectivity index (χ1n) is 10.7. The first kappa shape index (κ1) is 20.7. The summed E-state index contributed by atoms with van der Waals surface area (Å²) in [7, 11) is 0. The van der Waals surface area contributed by atoms with Gasteiger partial charge in [-0.3, -0.25) is 9.59 Å². The maximum atomic E-state index is 13.3. The molecule has 4 nitrogen and oxygen atoms in total. The van der Waals surface area contributed by atoms with Gasteiger partial charge in [0.25, 0.3) is 5.91 Å². The van der Waals surface area contributed by atoms with Gasteiger partial charge in [-0.25, -0.2) is 0 Å². The molecule has 0 spiro atoms. The maximum absolute atomic E-state index is 13.3. The normalized spacial score (nSPS) is 22.7. The lowest BCUT2D eigenvalue weighted by Crippen LogP contribution is -2.41. The number of amides is 2. The highest BCUT2D eigenvalue weighted by Crippen LogP contribution is 2.41. The van der Waals surface area contributed by atoms with Crippen LogP contribution < -0.4 is 10.2 Å². The highest BCUT2D eigenvalue weighted by molar-refractivity contribution is 8.04. The molecule has 0 aromatic heterocycles. The van der Waals surface area contributed by atoms with E-state index in [0.717, 1.165) is 35.4 Å². The second-order valence-corrected chi connectivity index (χ2v) is 9.42. The van der Waals surface area contributed by atoms with Gasteiger partial charge in [-0.2, -0.15) is 0 Å². The molecule has 1 heterocycles. The number of hydrogen-bond donors (Lipinski definition) is 1. The number of nitrogens with one attached hydrogen (secondary N) is 1. The molecule has 1 saturated carbocycles. The molecule has 0 radical (unpaired) electrons. The van der Waals surface area contributed by atoms with E-state index >= 15 is 0 Å². The van der Waals surface area contributed by atoms with Crippen LogP contribution in [0.25, 0.3) is 0 Å². The Morgan fingerprint density at radius 2 is 1.87 bits per heavy atom. The molecule has 5 heteroatoms. The lowest BCUT2D eigenvalue weighted by atomic mass is 9.86. The molecule has 4 rings (SSSR count). The van der Waals surface area contributed by atoms with Crippen molar-refractivity contribution in [3.63, 3.8) is 0 Å². The van der Waals surface area contributed by atoms with Crippen LogP contribution in [0.4, 0.5) is 5.69 Å². The first-order valence-corrected chi connectivity index (χ1v) is 11.5. The van der Waals surface area contributed by atoms with Crippen molar-refractivity contribution in [2.45, 2.75) is 57.0 Å². The molecule has 1 fully saturated rings. The van der Waals surface area contributed by atoms with E-state index in [0.29, 0.717) is 17.4 Å². The van der Waals surface area contributed by atoms with Crippen LogP contribution in [0.2, 0.25) is 0 Å². The fraction of sp³-hybridized carbons (Fsp3) is 0.360. The highest BCUT2D eigenvalue weighted by atomic mass is 32.2. The molecule has 1 aliphatic heterocycles. The number of nitrogens with zero attached hydrogens (tertiary/aromatic N) is 1. The molecule has 2 aromatic carbocycles. The van der Waals surface area contributed by atoms with Gasteiger partial charge in [0.1, 0.15) is 0 Å². The zero-order valence-corrected chi connectivity index (χ0v) is 18.4. The second-order valence-electron chi connectivity index (χ2n) is 8.33. The molecule has 30 heavy (non-hydrogen) atoms. The standard InChI is InChI=1S/C25H28N2O2S/c1-17-11-13-19(14-12-17)16-27-21-9-5-6-10-22(21)30-23(25(27)29)15-24(28)26-20-8-4-3-7-18(20)2/h5-6,9-15,18,20H,3-4,7-8,16H2,1-2H3,(H,26,28)/b23-15-/t18-,20+/m1/s1. The SMILES string of the molecule is Cc1ccc(CN2C(=O)/C(=C/C(=O)N[C@H]3CCCC[C@H]3C)Sc3ccccc32)cc1. The fourth-order valence-corrected chi connectivity index (χ4v) is 5.20. The molecule has 2 aliphatic rings. The van der Waals surface area contributed by atoms with Crippen LogP contribution in [0.1, 0.15) is 43.7 Å². The van der Waals surface area contributed by atoms with Gasteiger partial charge in [0.15, 0.2) is 0 Å². The Morgan fingerprint density at radius 1 is 1.13 bits per heavy atom. The summed E-state index contributed by atoms with van der Waals surface area (Å²) in [6, 6.07) is 16.3. The predicted molar refractivity (Wildman–Crippen MR) is 122 cm³/mol. The number of fused-ring (bicyclic) bond motifs is 1. The van der Waals surface area contributed by atoms with Gasteiger partial charge in [-0.05, 0) is 43.4 Å². The number of para-hydroxylation sites is 1. The molecule has 1 N–H and O–H groups in total. The Hall–Kier alpha value is -2.53. The molecular formula is C25H28N2O2S. The molecule has 0 saturated heterocycles. The number of thioether (sulfide) groups is 1. The summed E-state index contributed by atoms with van der Waals surface area (Å²) in [5, 5.41) is 3.13. The van der Waals surface area contributed by atoms with Crippen molar-refractivity contribution in [1.82, 2.24) is 5.32 Å². The van der Waals surface area contributed by atoms with E-state index in [9.17, 15) is 9.59 Å². The molecule has 0 unspecified atom stereocenters. The van der Waals surface area contributed by atoms with Crippen molar-refractivity contribution in [2.75, 3.05) is 4.90 Å². The van der Waals surface area contributed by atoms with E-state index in [1.807, 2.05) is 43.3 Å². The van der Waals surface area contributed by atoms with Crippen LogP contribution in [0.15, 0.2) is 64.4 Å². The fourth-order valence-electron chi connectivity index (χ4n) is 4.17. The molecule has 2 amide bonds. The Kier molecular flexibility index (Phi) is 6.28. The van der Waals surface area contributed by atoms with Crippen LogP contribution in [0.5, 0.6) is 0 Å². The number of carbonyl (C=O) groups excluding carboxylic acids is 2. The third-order valence-electron chi connectivity index (χ3n) is 5.99. The largest absolute Gasteiger partial charge is 0.350 e. The summed E-state index contributed by atoms with van der Waals surface area (Å²) in [5.74, 6) is 0.194. The van der Waals surface area contributed by atoms with E-state index < -0.39 is 0 Å². The van der Waals surface area contributed by atoms with Crippen molar-refractivity contribution in [3.05, 3.63) is 70.6 Å². The summed E-state index contributed by atoms with van der Waals surface area (Å²) in [6.45, 7) is 4.72. The lowest BCUT2D eigenvalue weighted by Gasteiger charge is -2.31. The number of anilines is 1. The molecule has 1 aliphatic carbocycles. The van der Waals surface area contributed by atoms with E-state index in [1.165, 1.54) is 29.8 Å². The number of hydrogen-bond acceptors (Lipinski definition) is 3. The molecule has 0 bridgehead atoms. The van der Waals surface area contributed by atoms with Crippen LogP contribution in [-0.4, -0.2) is 17.9 Å². The third kappa shape index (κ3) is 4.62. The van der Waals surface area contributed by atoms with E-state index in [2.05, 4.69) is 24.4 Å². The highest BCUT2D eigenvalue weighted by Gasteiger charge is 2.30. The zero-order valence-electron chi connectivity index (χ0n) is 17.6. The summed E-state index contributed by atoms with van der Waals surface area (Å²) in [4.78, 5) is 29.3.